The van der Waals surface area contributed by atoms with Crippen LogP contribution < -0.4 is 4.90 Å². The van der Waals surface area contributed by atoms with Gasteiger partial charge >= 0.3 is 0 Å². The maximum atomic E-state index is 12.8. The number of amides is 1. The zero-order valence-corrected chi connectivity index (χ0v) is 23.6. The lowest BCUT2D eigenvalue weighted by atomic mass is 9.79. The Morgan fingerprint density at radius 3 is 2.00 bits per heavy atom. The number of nitrogens with zero attached hydrogens (tertiary/aromatic N) is 1. The second-order valence-corrected chi connectivity index (χ2v) is 10.4. The van der Waals surface area contributed by atoms with Crippen LogP contribution in [0.4, 0.5) is 5.69 Å². The van der Waals surface area contributed by atoms with Gasteiger partial charge in [-0.3, -0.25) is 4.79 Å². The third-order valence-corrected chi connectivity index (χ3v) is 6.37. The van der Waals surface area contributed by atoms with Crippen LogP contribution in [-0.4, -0.2) is 35.1 Å². The van der Waals surface area contributed by atoms with Gasteiger partial charge in [0.25, 0.3) is 0 Å². The summed E-state index contributed by atoms with van der Waals surface area (Å²) in [6.45, 7) is 15.2. The molecule has 3 aromatic rings. The summed E-state index contributed by atoms with van der Waals surface area (Å²) in [5.74, 6) is 0.0147. The standard InChI is InChI=1S/C27H27NO2.C4H10O.CH4O/c1-16-10-12-21(13-11-16)25-18(3)26-24-9-7-6-8-23(24)19(4)28(20(5)30)27(26)17(2)22(25)14-15-29;1-4(2,3)5;1-2/h6-13,15,19H,14H2,1-5H3;5H,1-3H3;2H,1H3/t19-;;/m0../s1. The third-order valence-electron chi connectivity index (χ3n) is 6.37. The summed E-state index contributed by atoms with van der Waals surface area (Å²) in [4.78, 5) is 26.3. The fourth-order valence-corrected chi connectivity index (χ4v) is 4.98. The van der Waals surface area contributed by atoms with E-state index in [1.807, 2.05) is 17.9 Å². The minimum absolute atomic E-state index is 0.0147. The maximum Gasteiger partial charge on any atom is 0.224 e. The van der Waals surface area contributed by atoms with Gasteiger partial charge in [0.1, 0.15) is 6.29 Å². The van der Waals surface area contributed by atoms with Gasteiger partial charge in [0, 0.05) is 26.0 Å². The summed E-state index contributed by atoms with van der Waals surface area (Å²) in [5.41, 5.74) is 10.4. The maximum absolute atomic E-state index is 12.8. The van der Waals surface area contributed by atoms with Crippen molar-refractivity contribution >= 4 is 17.9 Å². The van der Waals surface area contributed by atoms with Crippen molar-refractivity contribution in [2.24, 2.45) is 0 Å². The van der Waals surface area contributed by atoms with Crippen LogP contribution >= 0.6 is 0 Å². The average Bonchev–Trinajstić information content (AvgIpc) is 2.83. The predicted octanol–water partition coefficient (Wildman–Crippen LogP) is 6.50. The number of benzene rings is 3. The number of aliphatic hydroxyl groups is 2. The van der Waals surface area contributed by atoms with E-state index in [1.165, 1.54) is 11.1 Å². The Bertz CT molecular complexity index is 1250. The Hall–Kier alpha value is -3.28. The normalized spacial score (nSPS) is 13.8. The monoisotopic (exact) mass is 503 g/mol. The van der Waals surface area contributed by atoms with Crippen molar-refractivity contribution in [2.45, 2.75) is 73.5 Å². The van der Waals surface area contributed by atoms with Gasteiger partial charge in [-0.2, -0.15) is 0 Å². The number of carbonyl (C=O) groups is 2. The highest BCUT2D eigenvalue weighted by Gasteiger charge is 2.35. The van der Waals surface area contributed by atoms with Crippen molar-refractivity contribution in [3.8, 4) is 22.3 Å². The minimum Gasteiger partial charge on any atom is -0.400 e. The molecular formula is C32H41NO4. The molecule has 4 rings (SSSR count). The number of rotatable bonds is 3. The Morgan fingerprint density at radius 1 is 0.946 bits per heavy atom. The number of hydrogen-bond donors (Lipinski definition) is 2. The molecule has 0 unspecified atom stereocenters. The van der Waals surface area contributed by atoms with Crippen LogP contribution in [0.25, 0.3) is 22.3 Å². The summed E-state index contributed by atoms with van der Waals surface area (Å²) < 4.78 is 0. The van der Waals surface area contributed by atoms with Gasteiger partial charge in [0.05, 0.1) is 17.3 Å². The molecule has 198 valence electrons. The van der Waals surface area contributed by atoms with E-state index in [9.17, 15) is 9.59 Å². The largest absolute Gasteiger partial charge is 0.400 e. The Morgan fingerprint density at radius 2 is 1.49 bits per heavy atom. The van der Waals surface area contributed by atoms with Gasteiger partial charge in [-0.1, -0.05) is 54.1 Å². The average molecular weight is 504 g/mol. The van der Waals surface area contributed by atoms with Crippen LogP contribution in [0, 0.1) is 20.8 Å². The van der Waals surface area contributed by atoms with Crippen molar-refractivity contribution in [1.29, 1.82) is 0 Å². The number of hydrogen-bond acceptors (Lipinski definition) is 4. The second kappa shape index (κ2) is 12.3. The van der Waals surface area contributed by atoms with E-state index in [1.54, 1.807) is 27.7 Å². The molecule has 0 saturated carbocycles. The summed E-state index contributed by atoms with van der Waals surface area (Å²) in [5, 5.41) is 15.5. The number of aldehydes is 1. The van der Waals surface area contributed by atoms with E-state index in [0.717, 1.165) is 58.0 Å². The van der Waals surface area contributed by atoms with Gasteiger partial charge in [-0.15, -0.1) is 0 Å². The van der Waals surface area contributed by atoms with Crippen molar-refractivity contribution in [1.82, 2.24) is 0 Å². The Balaban J connectivity index is 0.000000617. The fraction of sp³-hybridized carbons (Fsp3) is 0.375. The fourth-order valence-electron chi connectivity index (χ4n) is 4.98. The van der Waals surface area contributed by atoms with E-state index in [4.69, 9.17) is 10.2 Å². The Labute approximate surface area is 221 Å². The molecule has 1 heterocycles. The van der Waals surface area contributed by atoms with E-state index in [-0.39, 0.29) is 11.9 Å². The van der Waals surface area contributed by atoms with E-state index >= 15 is 0 Å². The summed E-state index contributed by atoms with van der Waals surface area (Å²) in [7, 11) is 1.00. The lowest BCUT2D eigenvalue weighted by Crippen LogP contribution is -2.35. The molecule has 0 fully saturated rings. The molecule has 0 radical (unpaired) electrons. The topological polar surface area (TPSA) is 77.8 Å². The number of aryl methyl sites for hydroxylation is 1. The molecule has 1 aliphatic heterocycles. The van der Waals surface area contributed by atoms with Crippen LogP contribution in [0.3, 0.4) is 0 Å². The van der Waals surface area contributed by atoms with Crippen LogP contribution in [0.15, 0.2) is 48.5 Å². The molecule has 0 aromatic heterocycles. The highest BCUT2D eigenvalue weighted by Crippen LogP contribution is 2.51. The summed E-state index contributed by atoms with van der Waals surface area (Å²) >= 11 is 0. The lowest BCUT2D eigenvalue weighted by molar-refractivity contribution is -0.117. The Kier molecular flexibility index (Phi) is 9.96. The first kappa shape index (κ1) is 29.9. The molecule has 0 bridgehead atoms. The lowest BCUT2D eigenvalue weighted by Gasteiger charge is -2.39. The molecule has 1 atom stereocenters. The van der Waals surface area contributed by atoms with Crippen LogP contribution in [0.2, 0.25) is 0 Å². The number of aliphatic hydroxyl groups excluding tert-OH is 1. The zero-order valence-electron chi connectivity index (χ0n) is 23.6. The molecule has 2 N–H and O–H groups in total. The third kappa shape index (κ3) is 6.54. The molecule has 1 aliphatic rings. The molecule has 0 aliphatic carbocycles. The van der Waals surface area contributed by atoms with E-state index < -0.39 is 5.60 Å². The van der Waals surface area contributed by atoms with Crippen LogP contribution in [0.1, 0.15) is 68.5 Å². The van der Waals surface area contributed by atoms with Gasteiger partial charge in [-0.05, 0) is 87.4 Å². The first-order valence-electron chi connectivity index (χ1n) is 12.6. The summed E-state index contributed by atoms with van der Waals surface area (Å²) in [6, 6.07) is 16.7. The zero-order chi connectivity index (χ0) is 28.1. The molecule has 5 heteroatoms. The molecule has 37 heavy (non-hydrogen) atoms. The second-order valence-electron chi connectivity index (χ2n) is 10.4. The van der Waals surface area contributed by atoms with Gasteiger partial charge < -0.3 is 19.9 Å². The van der Waals surface area contributed by atoms with Crippen molar-refractivity contribution in [2.75, 3.05) is 12.0 Å². The predicted molar refractivity (Wildman–Crippen MR) is 153 cm³/mol. The summed E-state index contributed by atoms with van der Waals surface area (Å²) in [6.07, 6.45) is 1.29. The molecule has 0 spiro atoms. The van der Waals surface area contributed by atoms with Gasteiger partial charge in [-0.25, -0.2) is 0 Å². The minimum atomic E-state index is -0.500. The van der Waals surface area contributed by atoms with E-state index in [2.05, 4.69) is 63.2 Å². The molecular weight excluding hydrogens is 462 g/mol. The molecule has 1 amide bonds. The van der Waals surface area contributed by atoms with Crippen LogP contribution in [-0.2, 0) is 16.0 Å². The highest BCUT2D eigenvalue weighted by molar-refractivity contribution is 6.04. The quantitative estimate of drug-likeness (QED) is 0.400. The smallest absolute Gasteiger partial charge is 0.224 e. The van der Waals surface area contributed by atoms with Crippen molar-refractivity contribution < 1.29 is 19.8 Å². The first-order chi connectivity index (χ1) is 17.4. The first-order valence-corrected chi connectivity index (χ1v) is 12.6. The number of carbonyl (C=O) groups excluding carboxylic acids is 2. The molecule has 3 aromatic carbocycles. The van der Waals surface area contributed by atoms with Gasteiger partial charge in [0.15, 0.2) is 0 Å². The highest BCUT2D eigenvalue weighted by atomic mass is 16.3. The van der Waals surface area contributed by atoms with Crippen LogP contribution in [0.5, 0.6) is 0 Å². The molecule has 5 nitrogen and oxygen atoms in total. The number of anilines is 1. The van der Waals surface area contributed by atoms with E-state index in [0.29, 0.717) is 6.42 Å². The van der Waals surface area contributed by atoms with Crippen molar-refractivity contribution in [3.63, 3.8) is 0 Å². The number of fused-ring (bicyclic) bond motifs is 3. The van der Waals surface area contributed by atoms with Gasteiger partial charge in [0.2, 0.25) is 5.91 Å². The SMILES string of the molecule is CC(=O)N1c2c(C)c(CC=O)c(-c3ccc(C)cc3)c(C)c2-c2ccccc2[C@@H]1C.CC(C)(C)O.CO. The van der Waals surface area contributed by atoms with Crippen molar-refractivity contribution in [3.05, 3.63) is 76.3 Å². The molecule has 0 saturated heterocycles.